The van der Waals surface area contributed by atoms with E-state index in [4.69, 9.17) is 9.97 Å². The van der Waals surface area contributed by atoms with E-state index in [-0.39, 0.29) is 0 Å². The van der Waals surface area contributed by atoms with Gasteiger partial charge in [-0.05, 0) is 82.9 Å². The zero-order valence-corrected chi connectivity index (χ0v) is 23.2. The Kier molecular flexibility index (Phi) is 5.03. The highest BCUT2D eigenvalue weighted by molar-refractivity contribution is 7.25. The minimum absolute atomic E-state index is 0.867. The molecule has 0 atom stereocenters. The molecule has 0 aliphatic carbocycles. The van der Waals surface area contributed by atoms with Crippen molar-refractivity contribution in [2.24, 2.45) is 0 Å². The lowest BCUT2D eigenvalue weighted by Crippen LogP contribution is -1.96. The quantitative estimate of drug-likeness (QED) is 0.218. The summed E-state index contributed by atoms with van der Waals surface area (Å²) >= 11 is 1.82. The SMILES string of the molecule is c1ccc(-n2c3ccc(-c4cccc(-c5ccc6sc7ccncc7c6c5)c4)cc3c3nc4ccccc4nc32)cc1. The van der Waals surface area contributed by atoms with Crippen LogP contribution in [0, 0.1) is 0 Å². The van der Waals surface area contributed by atoms with E-state index in [1.165, 1.54) is 36.9 Å². The molecule has 0 saturated carbocycles. The number of benzene rings is 5. The number of hydrogen-bond donors (Lipinski definition) is 0. The predicted molar refractivity (Wildman–Crippen MR) is 175 cm³/mol. The molecule has 0 amide bonds. The van der Waals surface area contributed by atoms with E-state index in [9.17, 15) is 0 Å². The summed E-state index contributed by atoms with van der Waals surface area (Å²) in [7, 11) is 0. The summed E-state index contributed by atoms with van der Waals surface area (Å²) in [6, 6.07) is 42.8. The summed E-state index contributed by atoms with van der Waals surface area (Å²) in [6.45, 7) is 0. The number of hydrogen-bond acceptors (Lipinski definition) is 4. The Hall–Kier alpha value is -5.39. The van der Waals surface area contributed by atoms with E-state index >= 15 is 0 Å². The Morgan fingerprint density at radius 2 is 1.21 bits per heavy atom. The van der Waals surface area contributed by atoms with Gasteiger partial charge in [0, 0.05) is 43.6 Å². The Balaban J connectivity index is 1.23. The van der Waals surface area contributed by atoms with Crippen LogP contribution in [0.15, 0.2) is 134 Å². The van der Waals surface area contributed by atoms with Gasteiger partial charge in [-0.3, -0.25) is 9.55 Å². The van der Waals surface area contributed by atoms with E-state index < -0.39 is 0 Å². The molecule has 4 nitrogen and oxygen atoms in total. The van der Waals surface area contributed by atoms with Crippen LogP contribution in [0.5, 0.6) is 0 Å². The van der Waals surface area contributed by atoms with Crippen LogP contribution in [0.4, 0.5) is 0 Å². The molecular weight excluding hydrogens is 533 g/mol. The minimum Gasteiger partial charge on any atom is -0.293 e. The molecule has 5 aromatic carbocycles. The summed E-state index contributed by atoms with van der Waals surface area (Å²) in [5, 5.41) is 3.56. The van der Waals surface area contributed by atoms with Crippen molar-refractivity contribution in [1.29, 1.82) is 0 Å². The first-order valence-corrected chi connectivity index (χ1v) is 14.8. The van der Waals surface area contributed by atoms with Gasteiger partial charge in [0.15, 0.2) is 5.65 Å². The van der Waals surface area contributed by atoms with Crippen molar-refractivity contribution in [1.82, 2.24) is 19.5 Å². The van der Waals surface area contributed by atoms with Gasteiger partial charge < -0.3 is 0 Å². The number of rotatable bonds is 3. The average molecular weight is 555 g/mol. The Morgan fingerprint density at radius 1 is 0.524 bits per heavy atom. The molecule has 0 bridgehead atoms. The summed E-state index contributed by atoms with van der Waals surface area (Å²) in [5.41, 5.74) is 10.4. The molecule has 9 rings (SSSR count). The zero-order valence-electron chi connectivity index (χ0n) is 22.4. The summed E-state index contributed by atoms with van der Waals surface area (Å²) in [4.78, 5) is 14.6. The number of para-hydroxylation sites is 3. The van der Waals surface area contributed by atoms with Crippen molar-refractivity contribution in [3.05, 3.63) is 134 Å². The lowest BCUT2D eigenvalue weighted by molar-refractivity contribution is 1.14. The first kappa shape index (κ1) is 23.3. The lowest BCUT2D eigenvalue weighted by Gasteiger charge is -2.09. The molecule has 4 aromatic heterocycles. The van der Waals surface area contributed by atoms with Crippen LogP contribution in [-0.4, -0.2) is 19.5 Å². The maximum Gasteiger partial charge on any atom is 0.165 e. The molecule has 196 valence electrons. The number of nitrogens with zero attached hydrogens (tertiary/aromatic N) is 4. The smallest absolute Gasteiger partial charge is 0.165 e. The lowest BCUT2D eigenvalue weighted by atomic mass is 9.97. The molecule has 0 fully saturated rings. The molecule has 42 heavy (non-hydrogen) atoms. The van der Waals surface area contributed by atoms with Gasteiger partial charge in [-0.1, -0.05) is 60.7 Å². The van der Waals surface area contributed by atoms with Gasteiger partial charge >= 0.3 is 0 Å². The van der Waals surface area contributed by atoms with Gasteiger partial charge in [0.1, 0.15) is 5.52 Å². The van der Waals surface area contributed by atoms with E-state index in [2.05, 4.69) is 101 Å². The Morgan fingerprint density at radius 3 is 2.05 bits per heavy atom. The zero-order chi connectivity index (χ0) is 27.6. The maximum atomic E-state index is 5.11. The van der Waals surface area contributed by atoms with Crippen LogP contribution >= 0.6 is 11.3 Å². The van der Waals surface area contributed by atoms with Crippen molar-refractivity contribution in [3.63, 3.8) is 0 Å². The molecule has 0 N–H and O–H groups in total. The van der Waals surface area contributed by atoms with Crippen LogP contribution in [0.25, 0.3) is 81.2 Å². The first-order chi connectivity index (χ1) is 20.8. The minimum atomic E-state index is 0.867. The van der Waals surface area contributed by atoms with Crippen molar-refractivity contribution in [2.45, 2.75) is 0 Å². The van der Waals surface area contributed by atoms with Crippen molar-refractivity contribution in [2.75, 3.05) is 0 Å². The van der Waals surface area contributed by atoms with E-state index in [1.807, 2.05) is 54.1 Å². The molecule has 5 heteroatoms. The van der Waals surface area contributed by atoms with Crippen LogP contribution in [0.1, 0.15) is 0 Å². The van der Waals surface area contributed by atoms with E-state index in [1.54, 1.807) is 0 Å². The van der Waals surface area contributed by atoms with Gasteiger partial charge in [-0.15, -0.1) is 11.3 Å². The molecule has 0 radical (unpaired) electrons. The number of thiophene rings is 1. The molecule has 0 aliphatic heterocycles. The van der Waals surface area contributed by atoms with E-state index in [0.29, 0.717) is 0 Å². The van der Waals surface area contributed by atoms with Crippen LogP contribution < -0.4 is 0 Å². The maximum absolute atomic E-state index is 5.11. The Bertz CT molecular complexity index is 2470. The summed E-state index contributed by atoms with van der Waals surface area (Å²) < 4.78 is 4.77. The molecule has 0 spiro atoms. The average Bonchev–Trinajstić information content (AvgIpc) is 3.58. The molecule has 4 heterocycles. The third-order valence-electron chi connectivity index (χ3n) is 8.07. The van der Waals surface area contributed by atoms with Crippen LogP contribution in [0.3, 0.4) is 0 Å². The van der Waals surface area contributed by atoms with Gasteiger partial charge in [0.2, 0.25) is 0 Å². The van der Waals surface area contributed by atoms with Crippen molar-refractivity contribution in [3.8, 4) is 27.9 Å². The second-order valence-electron chi connectivity index (χ2n) is 10.6. The molecule has 0 aliphatic rings. The molecular formula is C37H22N4S. The standard InChI is InChI=1S/C37H22N4S/c1-2-9-27(10-3-1)41-33-15-13-25(21-29(33)36-37(41)40-32-12-5-4-11-31(32)39-36)23-7-6-8-24(19-23)26-14-16-34-28(20-26)30-22-38-18-17-35(30)42-34/h1-22H. The third-order valence-corrected chi connectivity index (χ3v) is 9.22. The summed E-state index contributed by atoms with van der Waals surface area (Å²) in [5.74, 6) is 0. The van der Waals surface area contributed by atoms with Crippen molar-refractivity contribution >= 4 is 64.6 Å². The number of aromatic nitrogens is 4. The first-order valence-electron chi connectivity index (χ1n) is 13.9. The number of fused-ring (bicyclic) bond motifs is 7. The van der Waals surface area contributed by atoms with Gasteiger partial charge in [0.25, 0.3) is 0 Å². The van der Waals surface area contributed by atoms with Gasteiger partial charge in [0.05, 0.1) is 16.6 Å². The summed E-state index contributed by atoms with van der Waals surface area (Å²) in [6.07, 6.45) is 3.84. The van der Waals surface area contributed by atoms with Gasteiger partial charge in [-0.25, -0.2) is 9.97 Å². The van der Waals surface area contributed by atoms with Gasteiger partial charge in [-0.2, -0.15) is 0 Å². The second-order valence-corrected chi connectivity index (χ2v) is 11.6. The molecule has 0 saturated heterocycles. The Labute approximate surface area is 245 Å². The van der Waals surface area contributed by atoms with Crippen molar-refractivity contribution < 1.29 is 0 Å². The third kappa shape index (κ3) is 3.57. The van der Waals surface area contributed by atoms with Crippen LogP contribution in [-0.2, 0) is 0 Å². The molecule has 0 unspecified atom stereocenters. The topological polar surface area (TPSA) is 43.6 Å². The second kappa shape index (κ2) is 9.06. The fraction of sp³-hybridized carbons (Fsp3) is 0. The fourth-order valence-electron chi connectivity index (χ4n) is 6.06. The highest BCUT2D eigenvalue weighted by Gasteiger charge is 2.17. The monoisotopic (exact) mass is 554 g/mol. The predicted octanol–water partition coefficient (Wildman–Crippen LogP) is 9.82. The van der Waals surface area contributed by atoms with E-state index in [0.717, 1.165) is 44.4 Å². The fourth-order valence-corrected chi connectivity index (χ4v) is 7.11. The molecule has 9 aromatic rings. The van der Waals surface area contributed by atoms with Crippen LogP contribution in [0.2, 0.25) is 0 Å². The highest BCUT2D eigenvalue weighted by atomic mass is 32.1. The number of pyridine rings is 1. The largest absolute Gasteiger partial charge is 0.293 e. The highest BCUT2D eigenvalue weighted by Crippen LogP contribution is 2.38. The normalized spacial score (nSPS) is 11.8.